The van der Waals surface area contributed by atoms with Crippen molar-refractivity contribution in [2.24, 2.45) is 0 Å². The predicted octanol–water partition coefficient (Wildman–Crippen LogP) is 2.27. The van der Waals surface area contributed by atoms with E-state index in [-0.39, 0.29) is 5.75 Å². The summed E-state index contributed by atoms with van der Waals surface area (Å²) in [6.45, 7) is 5.76. The number of aromatic hydroxyl groups is 1. The lowest BCUT2D eigenvalue weighted by atomic mass is 10.2. The molecule has 1 aromatic rings. The minimum Gasteiger partial charge on any atom is -0.504 e. The van der Waals surface area contributed by atoms with E-state index in [1.54, 1.807) is 12.1 Å². The molecule has 0 aliphatic heterocycles. The van der Waals surface area contributed by atoms with E-state index in [2.05, 4.69) is 6.58 Å². The fraction of sp³-hybridized carbons (Fsp3) is 0.200. The van der Waals surface area contributed by atoms with E-state index < -0.39 is 0 Å². The molecular formula is C10H12O2. The van der Waals surface area contributed by atoms with Gasteiger partial charge in [0.05, 0.1) is 0 Å². The second-order valence-corrected chi connectivity index (χ2v) is 2.52. The maximum atomic E-state index is 9.46. The van der Waals surface area contributed by atoms with E-state index in [0.29, 0.717) is 12.4 Å². The number of aryl methyl sites for hydroxylation is 1. The molecule has 0 spiro atoms. The van der Waals surface area contributed by atoms with Crippen LogP contribution in [0.1, 0.15) is 5.56 Å². The summed E-state index contributed by atoms with van der Waals surface area (Å²) in [6, 6.07) is 5.40. The number of benzene rings is 1. The summed E-state index contributed by atoms with van der Waals surface area (Å²) < 4.78 is 5.20. The van der Waals surface area contributed by atoms with Crippen LogP contribution >= 0.6 is 0 Å². The highest BCUT2D eigenvalue weighted by Gasteiger charge is 2.02. The van der Waals surface area contributed by atoms with Crippen LogP contribution < -0.4 is 4.74 Å². The molecule has 0 unspecified atom stereocenters. The number of ether oxygens (including phenoxy) is 1. The number of phenolic OH excluding ortho intramolecular Hbond substituents is 1. The monoisotopic (exact) mass is 164 g/mol. The van der Waals surface area contributed by atoms with Crippen molar-refractivity contribution in [1.82, 2.24) is 0 Å². The van der Waals surface area contributed by atoms with Gasteiger partial charge in [-0.25, -0.2) is 0 Å². The average molecular weight is 164 g/mol. The highest BCUT2D eigenvalue weighted by atomic mass is 16.5. The summed E-state index contributed by atoms with van der Waals surface area (Å²) in [5, 5.41) is 9.46. The largest absolute Gasteiger partial charge is 0.504 e. The Hall–Kier alpha value is -1.44. The molecule has 0 heterocycles. The first-order valence-corrected chi connectivity index (χ1v) is 3.78. The minimum absolute atomic E-state index is 0.208. The van der Waals surface area contributed by atoms with Gasteiger partial charge >= 0.3 is 0 Å². The van der Waals surface area contributed by atoms with Crippen LogP contribution in [0.4, 0.5) is 0 Å². The molecule has 1 N–H and O–H groups in total. The van der Waals surface area contributed by atoms with Gasteiger partial charge in [-0.3, -0.25) is 0 Å². The fourth-order valence-electron chi connectivity index (χ4n) is 0.897. The van der Waals surface area contributed by atoms with E-state index in [4.69, 9.17) is 4.74 Å². The Labute approximate surface area is 72.1 Å². The third-order valence-corrected chi connectivity index (χ3v) is 1.56. The van der Waals surface area contributed by atoms with E-state index in [9.17, 15) is 5.11 Å². The molecule has 64 valence electrons. The zero-order valence-electron chi connectivity index (χ0n) is 7.08. The molecule has 0 aromatic heterocycles. The molecule has 1 rings (SSSR count). The number of hydrogen-bond donors (Lipinski definition) is 1. The molecule has 0 saturated heterocycles. The van der Waals surface area contributed by atoms with Crippen LogP contribution in [0.15, 0.2) is 30.9 Å². The molecule has 1 aromatic carbocycles. The average Bonchev–Trinajstić information content (AvgIpc) is 2.08. The standard InChI is InChI=1S/C10H12O2/c1-3-7-12-9-6-4-5-8(2)10(9)11/h3-6,11H,1,7H2,2H3. The first kappa shape index (κ1) is 8.65. The van der Waals surface area contributed by atoms with Crippen molar-refractivity contribution in [1.29, 1.82) is 0 Å². The van der Waals surface area contributed by atoms with Crippen LogP contribution in [0.5, 0.6) is 11.5 Å². The number of phenols is 1. The molecular weight excluding hydrogens is 152 g/mol. The lowest BCUT2D eigenvalue weighted by Crippen LogP contribution is -1.93. The Kier molecular flexibility index (Phi) is 2.75. The lowest BCUT2D eigenvalue weighted by molar-refractivity contribution is 0.335. The van der Waals surface area contributed by atoms with Gasteiger partial charge in [0.15, 0.2) is 11.5 Å². The zero-order valence-corrected chi connectivity index (χ0v) is 7.08. The van der Waals surface area contributed by atoms with Crippen molar-refractivity contribution >= 4 is 0 Å². The molecule has 2 heteroatoms. The lowest BCUT2D eigenvalue weighted by Gasteiger charge is -2.06. The van der Waals surface area contributed by atoms with Gasteiger partial charge in [0, 0.05) is 0 Å². The van der Waals surface area contributed by atoms with Crippen LogP contribution in [0.2, 0.25) is 0 Å². The van der Waals surface area contributed by atoms with E-state index in [1.807, 2.05) is 19.1 Å². The molecule has 0 amide bonds. The van der Waals surface area contributed by atoms with E-state index in [1.165, 1.54) is 0 Å². The Morgan fingerprint density at radius 3 is 3.00 bits per heavy atom. The summed E-state index contributed by atoms with van der Waals surface area (Å²) in [5.41, 5.74) is 0.816. The summed E-state index contributed by atoms with van der Waals surface area (Å²) >= 11 is 0. The summed E-state index contributed by atoms with van der Waals surface area (Å²) in [7, 11) is 0. The van der Waals surface area contributed by atoms with Crippen LogP contribution in [0, 0.1) is 6.92 Å². The Balaban J connectivity index is 2.84. The van der Waals surface area contributed by atoms with Crippen molar-refractivity contribution in [2.75, 3.05) is 6.61 Å². The molecule has 0 saturated carbocycles. The van der Waals surface area contributed by atoms with Gasteiger partial charge in [0.2, 0.25) is 0 Å². The molecule has 12 heavy (non-hydrogen) atoms. The van der Waals surface area contributed by atoms with Crippen molar-refractivity contribution in [2.45, 2.75) is 6.92 Å². The van der Waals surface area contributed by atoms with Crippen LogP contribution in [0.3, 0.4) is 0 Å². The van der Waals surface area contributed by atoms with Gasteiger partial charge in [0.25, 0.3) is 0 Å². The van der Waals surface area contributed by atoms with Gasteiger partial charge in [-0.05, 0) is 18.6 Å². The molecule has 2 nitrogen and oxygen atoms in total. The van der Waals surface area contributed by atoms with E-state index >= 15 is 0 Å². The molecule has 0 atom stereocenters. The predicted molar refractivity (Wildman–Crippen MR) is 48.5 cm³/mol. The Morgan fingerprint density at radius 1 is 1.58 bits per heavy atom. The van der Waals surface area contributed by atoms with Crippen molar-refractivity contribution in [3.63, 3.8) is 0 Å². The van der Waals surface area contributed by atoms with Crippen molar-refractivity contribution < 1.29 is 9.84 Å². The van der Waals surface area contributed by atoms with Crippen LogP contribution in [0.25, 0.3) is 0 Å². The van der Waals surface area contributed by atoms with Crippen molar-refractivity contribution in [3.8, 4) is 11.5 Å². The third kappa shape index (κ3) is 1.78. The normalized spacial score (nSPS) is 9.42. The van der Waals surface area contributed by atoms with Crippen LogP contribution in [-0.2, 0) is 0 Å². The van der Waals surface area contributed by atoms with Gasteiger partial charge in [-0.15, -0.1) is 0 Å². The van der Waals surface area contributed by atoms with E-state index in [0.717, 1.165) is 5.56 Å². The molecule has 0 aliphatic carbocycles. The molecule has 0 fully saturated rings. The van der Waals surface area contributed by atoms with Gasteiger partial charge in [-0.2, -0.15) is 0 Å². The van der Waals surface area contributed by atoms with Crippen molar-refractivity contribution in [3.05, 3.63) is 36.4 Å². The number of hydrogen-bond acceptors (Lipinski definition) is 2. The Morgan fingerprint density at radius 2 is 2.33 bits per heavy atom. The minimum atomic E-state index is 0.208. The molecule has 0 bridgehead atoms. The summed E-state index contributed by atoms with van der Waals surface area (Å²) in [4.78, 5) is 0. The van der Waals surface area contributed by atoms with Gasteiger partial charge in [-0.1, -0.05) is 24.8 Å². The molecule has 0 radical (unpaired) electrons. The third-order valence-electron chi connectivity index (χ3n) is 1.56. The molecule has 0 aliphatic rings. The smallest absolute Gasteiger partial charge is 0.161 e. The Bertz CT molecular complexity index is 279. The highest BCUT2D eigenvalue weighted by molar-refractivity contribution is 5.44. The topological polar surface area (TPSA) is 29.5 Å². The first-order valence-electron chi connectivity index (χ1n) is 3.78. The van der Waals surface area contributed by atoms with Crippen LogP contribution in [-0.4, -0.2) is 11.7 Å². The summed E-state index contributed by atoms with van der Waals surface area (Å²) in [5.74, 6) is 0.717. The van der Waals surface area contributed by atoms with Gasteiger partial charge < -0.3 is 9.84 Å². The maximum Gasteiger partial charge on any atom is 0.161 e. The zero-order chi connectivity index (χ0) is 8.97. The fourth-order valence-corrected chi connectivity index (χ4v) is 0.897. The number of rotatable bonds is 3. The summed E-state index contributed by atoms with van der Waals surface area (Å²) in [6.07, 6.45) is 1.64. The first-order chi connectivity index (χ1) is 5.75. The second kappa shape index (κ2) is 3.81. The highest BCUT2D eigenvalue weighted by Crippen LogP contribution is 2.28. The quantitative estimate of drug-likeness (QED) is 0.694. The van der Waals surface area contributed by atoms with Gasteiger partial charge in [0.1, 0.15) is 6.61 Å². The SMILES string of the molecule is C=CCOc1cccc(C)c1O. The second-order valence-electron chi connectivity index (χ2n) is 2.52. The number of para-hydroxylation sites is 1. The maximum absolute atomic E-state index is 9.46.